The van der Waals surface area contributed by atoms with E-state index in [1.165, 1.54) is 4.57 Å². The van der Waals surface area contributed by atoms with Gasteiger partial charge in [-0.05, 0) is 45.0 Å². The van der Waals surface area contributed by atoms with Crippen LogP contribution in [0.15, 0.2) is 59.4 Å². The SMILES string of the molecule is CC(C)(C)OC(=O)N[C@@H](CO)c1nc2ccccc2c(=O)n1-c1ccccc1. The highest BCUT2D eigenvalue weighted by atomic mass is 16.6. The first-order valence-corrected chi connectivity index (χ1v) is 8.97. The van der Waals surface area contributed by atoms with Gasteiger partial charge in [0.15, 0.2) is 0 Å². The van der Waals surface area contributed by atoms with Crippen molar-refractivity contribution < 1.29 is 14.6 Å². The topological polar surface area (TPSA) is 93.5 Å². The summed E-state index contributed by atoms with van der Waals surface area (Å²) in [5.41, 5.74) is 0.0977. The lowest BCUT2D eigenvalue weighted by molar-refractivity contribution is 0.0477. The van der Waals surface area contributed by atoms with E-state index in [-0.39, 0.29) is 11.4 Å². The number of alkyl carbamates (subject to hydrolysis) is 1. The molecule has 3 rings (SSSR count). The van der Waals surface area contributed by atoms with E-state index in [1.807, 2.05) is 6.07 Å². The first kappa shape index (κ1) is 19.6. The van der Waals surface area contributed by atoms with Crippen LogP contribution in [-0.4, -0.2) is 33.0 Å². The molecular formula is C21H23N3O4. The van der Waals surface area contributed by atoms with Gasteiger partial charge in [-0.25, -0.2) is 9.78 Å². The first-order chi connectivity index (χ1) is 13.3. The number of hydrogen-bond acceptors (Lipinski definition) is 5. The van der Waals surface area contributed by atoms with Crippen molar-refractivity contribution in [3.05, 3.63) is 70.8 Å². The van der Waals surface area contributed by atoms with Crippen LogP contribution < -0.4 is 10.9 Å². The summed E-state index contributed by atoms with van der Waals surface area (Å²) in [5.74, 6) is 0.225. The number of carbonyl (C=O) groups is 1. The smallest absolute Gasteiger partial charge is 0.408 e. The molecule has 0 aliphatic heterocycles. The van der Waals surface area contributed by atoms with Gasteiger partial charge < -0.3 is 15.2 Å². The van der Waals surface area contributed by atoms with Crippen molar-refractivity contribution >= 4 is 17.0 Å². The quantitative estimate of drug-likeness (QED) is 0.725. The maximum atomic E-state index is 13.2. The molecular weight excluding hydrogens is 358 g/mol. The molecule has 0 radical (unpaired) electrons. The van der Waals surface area contributed by atoms with Gasteiger partial charge >= 0.3 is 6.09 Å². The number of benzene rings is 2. The average Bonchev–Trinajstić information content (AvgIpc) is 2.65. The van der Waals surface area contributed by atoms with Crippen LogP contribution in [0.2, 0.25) is 0 Å². The summed E-state index contributed by atoms with van der Waals surface area (Å²) in [7, 11) is 0. The minimum atomic E-state index is -0.924. The van der Waals surface area contributed by atoms with Gasteiger partial charge in [0.2, 0.25) is 0 Å². The van der Waals surface area contributed by atoms with Crippen molar-refractivity contribution in [2.45, 2.75) is 32.4 Å². The molecule has 0 saturated carbocycles. The Morgan fingerprint density at radius 2 is 1.79 bits per heavy atom. The molecule has 1 aromatic heterocycles. The zero-order valence-corrected chi connectivity index (χ0v) is 16.0. The van der Waals surface area contributed by atoms with Crippen LogP contribution in [0.5, 0.6) is 0 Å². The Kier molecular flexibility index (Phi) is 5.46. The zero-order valence-electron chi connectivity index (χ0n) is 16.0. The Morgan fingerprint density at radius 1 is 1.14 bits per heavy atom. The normalized spacial score (nSPS) is 12.6. The van der Waals surface area contributed by atoms with Crippen LogP contribution in [-0.2, 0) is 4.74 Å². The lowest BCUT2D eigenvalue weighted by Gasteiger charge is -2.24. The van der Waals surface area contributed by atoms with E-state index in [1.54, 1.807) is 69.3 Å². The molecule has 0 bridgehead atoms. The number of hydrogen-bond donors (Lipinski definition) is 2. The third kappa shape index (κ3) is 4.20. The van der Waals surface area contributed by atoms with Gasteiger partial charge in [0.05, 0.1) is 23.2 Å². The number of aliphatic hydroxyl groups excluding tert-OH is 1. The molecule has 1 atom stereocenters. The van der Waals surface area contributed by atoms with E-state index in [0.29, 0.717) is 16.6 Å². The molecule has 2 aromatic carbocycles. The van der Waals surface area contributed by atoms with Crippen LogP contribution in [0.25, 0.3) is 16.6 Å². The van der Waals surface area contributed by atoms with Crippen LogP contribution in [0.4, 0.5) is 4.79 Å². The fraction of sp³-hybridized carbons (Fsp3) is 0.286. The molecule has 1 heterocycles. The van der Waals surface area contributed by atoms with Crippen molar-refractivity contribution in [1.82, 2.24) is 14.9 Å². The molecule has 0 aliphatic rings. The number of carbonyl (C=O) groups excluding carboxylic acids is 1. The number of nitrogens with one attached hydrogen (secondary N) is 1. The fourth-order valence-corrected chi connectivity index (χ4v) is 2.85. The number of para-hydroxylation sites is 2. The third-order valence-corrected chi connectivity index (χ3v) is 4.00. The van der Waals surface area contributed by atoms with E-state index in [4.69, 9.17) is 4.74 Å². The predicted octanol–water partition coefficient (Wildman–Crippen LogP) is 2.94. The van der Waals surface area contributed by atoms with Crippen LogP contribution in [0.3, 0.4) is 0 Å². The summed E-state index contributed by atoms with van der Waals surface area (Å²) >= 11 is 0. The number of amides is 1. The second-order valence-electron chi connectivity index (χ2n) is 7.34. The van der Waals surface area contributed by atoms with Crippen LogP contribution >= 0.6 is 0 Å². The Labute approximate surface area is 162 Å². The Balaban J connectivity index is 2.15. The molecule has 28 heavy (non-hydrogen) atoms. The van der Waals surface area contributed by atoms with Crippen molar-refractivity contribution in [2.75, 3.05) is 6.61 Å². The summed E-state index contributed by atoms with van der Waals surface area (Å²) in [6.07, 6.45) is -0.700. The third-order valence-electron chi connectivity index (χ3n) is 4.00. The van der Waals surface area contributed by atoms with Crippen molar-refractivity contribution in [2.24, 2.45) is 0 Å². The Hall–Kier alpha value is -3.19. The maximum absolute atomic E-state index is 13.2. The monoisotopic (exact) mass is 381 g/mol. The molecule has 0 saturated heterocycles. The minimum absolute atomic E-state index is 0.225. The number of rotatable bonds is 4. The molecule has 2 N–H and O–H groups in total. The molecule has 7 nitrogen and oxygen atoms in total. The highest BCUT2D eigenvalue weighted by molar-refractivity contribution is 5.78. The Morgan fingerprint density at radius 3 is 2.43 bits per heavy atom. The lowest BCUT2D eigenvalue weighted by atomic mass is 10.2. The van der Waals surface area contributed by atoms with Gasteiger partial charge in [0, 0.05) is 0 Å². The number of aliphatic hydroxyl groups is 1. The van der Waals surface area contributed by atoms with Crippen molar-refractivity contribution in [1.29, 1.82) is 0 Å². The average molecular weight is 381 g/mol. The second-order valence-corrected chi connectivity index (χ2v) is 7.34. The van der Waals surface area contributed by atoms with E-state index >= 15 is 0 Å². The van der Waals surface area contributed by atoms with E-state index in [2.05, 4.69) is 10.3 Å². The van der Waals surface area contributed by atoms with Gasteiger partial charge in [0.1, 0.15) is 17.5 Å². The van der Waals surface area contributed by atoms with Gasteiger partial charge in [-0.2, -0.15) is 0 Å². The van der Waals surface area contributed by atoms with E-state index in [9.17, 15) is 14.7 Å². The number of ether oxygens (including phenoxy) is 1. The molecule has 7 heteroatoms. The predicted molar refractivity (Wildman–Crippen MR) is 107 cm³/mol. The first-order valence-electron chi connectivity index (χ1n) is 8.97. The highest BCUT2D eigenvalue weighted by Gasteiger charge is 2.25. The summed E-state index contributed by atoms with van der Waals surface area (Å²) < 4.78 is 6.68. The van der Waals surface area contributed by atoms with Crippen molar-refractivity contribution in [3.8, 4) is 5.69 Å². The number of aromatic nitrogens is 2. The van der Waals surface area contributed by atoms with Gasteiger partial charge in [-0.15, -0.1) is 0 Å². The molecule has 1 amide bonds. The lowest BCUT2D eigenvalue weighted by Crippen LogP contribution is -2.39. The van der Waals surface area contributed by atoms with Crippen molar-refractivity contribution in [3.63, 3.8) is 0 Å². The summed E-state index contributed by atoms with van der Waals surface area (Å²) in [5, 5.41) is 13.0. The fourth-order valence-electron chi connectivity index (χ4n) is 2.85. The maximum Gasteiger partial charge on any atom is 0.408 e. The molecule has 3 aromatic rings. The number of fused-ring (bicyclic) bond motifs is 1. The zero-order chi connectivity index (χ0) is 20.3. The number of nitrogens with zero attached hydrogens (tertiary/aromatic N) is 2. The summed E-state index contributed by atoms with van der Waals surface area (Å²) in [4.78, 5) is 30.0. The molecule has 0 spiro atoms. The molecule has 0 aliphatic carbocycles. The largest absolute Gasteiger partial charge is 0.444 e. The Bertz CT molecular complexity index is 1040. The van der Waals surface area contributed by atoms with E-state index < -0.39 is 24.3 Å². The van der Waals surface area contributed by atoms with Gasteiger partial charge in [-0.1, -0.05) is 30.3 Å². The second kappa shape index (κ2) is 7.82. The van der Waals surface area contributed by atoms with Gasteiger partial charge in [0.25, 0.3) is 5.56 Å². The molecule has 0 unspecified atom stereocenters. The van der Waals surface area contributed by atoms with Crippen LogP contribution in [0.1, 0.15) is 32.6 Å². The van der Waals surface area contributed by atoms with E-state index in [0.717, 1.165) is 0 Å². The van der Waals surface area contributed by atoms with Gasteiger partial charge in [-0.3, -0.25) is 9.36 Å². The summed E-state index contributed by atoms with van der Waals surface area (Å²) in [6.45, 7) is 4.79. The highest BCUT2D eigenvalue weighted by Crippen LogP contribution is 2.19. The molecule has 146 valence electrons. The van der Waals surface area contributed by atoms with Crippen LogP contribution in [0, 0.1) is 0 Å². The standard InChI is InChI=1S/C21H23N3O4/c1-21(2,3)28-20(27)23-17(13-25)18-22-16-12-8-7-11-15(16)19(26)24(18)14-9-5-4-6-10-14/h4-12,17,25H,13H2,1-3H3,(H,23,27)/t17-/m0/s1. The minimum Gasteiger partial charge on any atom is -0.444 e. The summed E-state index contributed by atoms with van der Waals surface area (Å²) in [6, 6.07) is 15.0. The molecule has 0 fully saturated rings.